The van der Waals surface area contributed by atoms with Crippen LogP contribution >= 0.6 is 0 Å². The first kappa shape index (κ1) is 13.0. The molecule has 0 aliphatic carbocycles. The zero-order valence-electron chi connectivity index (χ0n) is 10.2. The Bertz CT molecular complexity index is 260. The van der Waals surface area contributed by atoms with Gasteiger partial charge in [-0.1, -0.05) is 18.7 Å². The van der Waals surface area contributed by atoms with Crippen LogP contribution in [0.4, 0.5) is 0 Å². The topological polar surface area (TPSA) is 32.5 Å². The van der Waals surface area contributed by atoms with E-state index in [1.54, 1.807) is 0 Å². The smallest absolute Gasteiger partial charge is 0.0361 e. The molecule has 0 amide bonds. The molecule has 1 heterocycles. The molecule has 0 aromatic rings. The molecule has 1 rings (SSSR count). The third kappa shape index (κ3) is 3.83. The van der Waals surface area contributed by atoms with Crippen LogP contribution in [0.2, 0.25) is 0 Å². The summed E-state index contributed by atoms with van der Waals surface area (Å²) in [5, 5.41) is 0. The second-order valence-corrected chi connectivity index (χ2v) is 3.94. The highest BCUT2D eigenvalue weighted by atomic mass is 15.3. The van der Waals surface area contributed by atoms with Gasteiger partial charge in [0, 0.05) is 45.0 Å². The van der Waals surface area contributed by atoms with E-state index in [9.17, 15) is 0 Å². The molecule has 0 aromatic heterocycles. The Kier molecular flexibility index (Phi) is 5.90. The average molecular weight is 221 g/mol. The van der Waals surface area contributed by atoms with Gasteiger partial charge in [-0.2, -0.15) is 0 Å². The molecule has 0 radical (unpaired) electrons. The lowest BCUT2D eigenvalue weighted by atomic mass is 10.2. The second-order valence-electron chi connectivity index (χ2n) is 3.94. The van der Waals surface area contributed by atoms with Gasteiger partial charge in [-0.25, -0.2) is 0 Å². The van der Waals surface area contributed by atoms with E-state index in [2.05, 4.69) is 28.5 Å². The van der Waals surface area contributed by atoms with Gasteiger partial charge in [0.15, 0.2) is 0 Å². The number of hydrogen-bond donors (Lipinski definition) is 1. The van der Waals surface area contributed by atoms with E-state index >= 15 is 0 Å². The molecule has 0 bridgehead atoms. The van der Waals surface area contributed by atoms with Crippen molar-refractivity contribution in [3.8, 4) is 0 Å². The van der Waals surface area contributed by atoms with Gasteiger partial charge < -0.3 is 10.6 Å². The normalized spacial score (nSPS) is 19.4. The van der Waals surface area contributed by atoms with Gasteiger partial charge in [-0.05, 0) is 19.1 Å². The van der Waals surface area contributed by atoms with Crippen molar-refractivity contribution < 1.29 is 0 Å². The SMILES string of the molecule is C=C/C(=C\C=C/C)N1CCN(CCN)CC1. The fraction of sp³-hybridized carbons (Fsp3) is 0.538. The van der Waals surface area contributed by atoms with Crippen molar-refractivity contribution >= 4 is 0 Å². The number of nitrogens with two attached hydrogens (primary N) is 1. The molecule has 1 aliphatic heterocycles. The van der Waals surface area contributed by atoms with Crippen LogP contribution in [-0.2, 0) is 0 Å². The van der Waals surface area contributed by atoms with E-state index in [-0.39, 0.29) is 0 Å². The molecule has 1 aliphatic rings. The summed E-state index contributed by atoms with van der Waals surface area (Å²) in [7, 11) is 0. The molecule has 0 unspecified atom stereocenters. The fourth-order valence-electron chi connectivity index (χ4n) is 1.91. The minimum absolute atomic E-state index is 0.753. The van der Waals surface area contributed by atoms with Crippen LogP contribution in [0.1, 0.15) is 6.92 Å². The highest BCUT2D eigenvalue weighted by molar-refractivity contribution is 5.21. The Morgan fingerprint density at radius 2 is 2.00 bits per heavy atom. The zero-order valence-corrected chi connectivity index (χ0v) is 10.2. The van der Waals surface area contributed by atoms with Gasteiger partial charge in [0.05, 0.1) is 0 Å². The van der Waals surface area contributed by atoms with Crippen molar-refractivity contribution in [3.05, 3.63) is 36.6 Å². The van der Waals surface area contributed by atoms with E-state index in [4.69, 9.17) is 5.73 Å². The molecule has 0 spiro atoms. The van der Waals surface area contributed by atoms with Gasteiger partial charge in [0.25, 0.3) is 0 Å². The minimum Gasteiger partial charge on any atom is -0.369 e. The van der Waals surface area contributed by atoms with Crippen LogP contribution in [0.15, 0.2) is 36.6 Å². The molecular weight excluding hydrogens is 198 g/mol. The summed E-state index contributed by atoms with van der Waals surface area (Å²) in [4.78, 5) is 4.78. The molecule has 2 N–H and O–H groups in total. The molecule has 3 heteroatoms. The molecule has 1 saturated heterocycles. The quantitative estimate of drug-likeness (QED) is 0.708. The number of nitrogens with zero attached hydrogens (tertiary/aromatic N) is 2. The van der Waals surface area contributed by atoms with Crippen molar-refractivity contribution in [2.75, 3.05) is 39.3 Å². The molecule has 90 valence electrons. The predicted molar refractivity (Wildman–Crippen MR) is 70.2 cm³/mol. The summed E-state index contributed by atoms with van der Waals surface area (Å²) in [6.45, 7) is 12.0. The molecule has 16 heavy (non-hydrogen) atoms. The maximum Gasteiger partial charge on any atom is 0.0361 e. The van der Waals surface area contributed by atoms with Crippen molar-refractivity contribution in [3.63, 3.8) is 0 Å². The zero-order chi connectivity index (χ0) is 11.8. The van der Waals surface area contributed by atoms with Gasteiger partial charge in [0.1, 0.15) is 0 Å². The highest BCUT2D eigenvalue weighted by Gasteiger charge is 2.16. The lowest BCUT2D eigenvalue weighted by molar-refractivity contribution is 0.165. The number of hydrogen-bond acceptors (Lipinski definition) is 3. The van der Waals surface area contributed by atoms with Gasteiger partial charge >= 0.3 is 0 Å². The van der Waals surface area contributed by atoms with Gasteiger partial charge in [0.2, 0.25) is 0 Å². The Labute approximate surface area is 98.9 Å². The van der Waals surface area contributed by atoms with Crippen LogP contribution in [-0.4, -0.2) is 49.1 Å². The summed E-state index contributed by atoms with van der Waals surface area (Å²) in [5.41, 5.74) is 6.77. The Morgan fingerprint density at radius 1 is 1.31 bits per heavy atom. The first-order chi connectivity index (χ1) is 7.81. The van der Waals surface area contributed by atoms with Crippen LogP contribution in [0.3, 0.4) is 0 Å². The van der Waals surface area contributed by atoms with Crippen molar-refractivity contribution in [1.82, 2.24) is 9.80 Å². The third-order valence-corrected chi connectivity index (χ3v) is 2.85. The molecule has 1 fully saturated rings. The summed E-state index contributed by atoms with van der Waals surface area (Å²) in [6.07, 6.45) is 8.14. The van der Waals surface area contributed by atoms with Gasteiger partial charge in [-0.15, -0.1) is 0 Å². The monoisotopic (exact) mass is 221 g/mol. The highest BCUT2D eigenvalue weighted by Crippen LogP contribution is 2.10. The van der Waals surface area contributed by atoms with E-state index in [1.165, 1.54) is 5.70 Å². The molecule has 0 aromatic carbocycles. The van der Waals surface area contributed by atoms with Crippen LogP contribution < -0.4 is 5.73 Å². The third-order valence-electron chi connectivity index (χ3n) is 2.85. The largest absolute Gasteiger partial charge is 0.369 e. The van der Waals surface area contributed by atoms with E-state index in [0.29, 0.717) is 0 Å². The van der Waals surface area contributed by atoms with Gasteiger partial charge in [-0.3, -0.25) is 4.90 Å². The summed E-state index contributed by atoms with van der Waals surface area (Å²) in [6, 6.07) is 0. The Hall–Kier alpha value is -1.06. The molecular formula is C13H23N3. The number of rotatable bonds is 5. The summed E-state index contributed by atoms with van der Waals surface area (Å²) >= 11 is 0. The van der Waals surface area contributed by atoms with Crippen molar-refractivity contribution in [1.29, 1.82) is 0 Å². The molecule has 3 nitrogen and oxygen atoms in total. The average Bonchev–Trinajstić information content (AvgIpc) is 2.32. The standard InChI is InChI=1S/C13H23N3/c1-3-5-6-13(4-2)16-11-9-15(8-7-14)10-12-16/h3-6H,2,7-12,14H2,1H3/b5-3-,13-6+. The Balaban J connectivity index is 2.48. The van der Waals surface area contributed by atoms with Crippen LogP contribution in [0, 0.1) is 0 Å². The lowest BCUT2D eigenvalue weighted by Gasteiger charge is -2.36. The van der Waals surface area contributed by atoms with E-state index in [1.807, 2.05) is 19.1 Å². The molecule has 0 saturated carbocycles. The van der Waals surface area contributed by atoms with Crippen LogP contribution in [0.5, 0.6) is 0 Å². The minimum atomic E-state index is 0.753. The maximum absolute atomic E-state index is 5.55. The Morgan fingerprint density at radius 3 is 2.50 bits per heavy atom. The van der Waals surface area contributed by atoms with Crippen molar-refractivity contribution in [2.24, 2.45) is 5.73 Å². The lowest BCUT2D eigenvalue weighted by Crippen LogP contribution is -2.46. The summed E-state index contributed by atoms with van der Waals surface area (Å²) < 4.78 is 0. The summed E-state index contributed by atoms with van der Waals surface area (Å²) in [5.74, 6) is 0. The first-order valence-corrected chi connectivity index (χ1v) is 5.94. The second kappa shape index (κ2) is 7.25. The molecule has 0 atom stereocenters. The number of piperazine rings is 1. The van der Waals surface area contributed by atoms with E-state index in [0.717, 1.165) is 39.3 Å². The maximum atomic E-state index is 5.55. The number of allylic oxidation sites excluding steroid dienone is 4. The first-order valence-electron chi connectivity index (χ1n) is 5.94. The van der Waals surface area contributed by atoms with Crippen LogP contribution in [0.25, 0.3) is 0 Å². The predicted octanol–water partition coefficient (Wildman–Crippen LogP) is 1.21. The van der Waals surface area contributed by atoms with Crippen molar-refractivity contribution in [2.45, 2.75) is 6.92 Å². The fourth-order valence-corrected chi connectivity index (χ4v) is 1.91. The van der Waals surface area contributed by atoms with E-state index < -0.39 is 0 Å².